The number of halogens is 3. The van der Waals surface area contributed by atoms with Crippen molar-refractivity contribution in [2.45, 2.75) is 11.1 Å². The van der Waals surface area contributed by atoms with Crippen LogP contribution in [-0.2, 0) is 6.18 Å². The van der Waals surface area contributed by atoms with Crippen molar-refractivity contribution in [3.8, 4) is 11.1 Å². The first-order valence-electron chi connectivity index (χ1n) is 9.25. The van der Waals surface area contributed by atoms with E-state index in [1.54, 1.807) is 6.07 Å². The van der Waals surface area contributed by atoms with Crippen LogP contribution in [0.4, 0.5) is 18.9 Å². The molecule has 0 bridgehead atoms. The standard InChI is InChI=1S/C25H18F3NS/c1-16(30-24-12-5-4-11-23(24)29)19-13-14-20(22-10-3-2-9-21(19)22)17-7-6-8-18(15-17)25(26,27)28/h2-15H,1,29H2. The van der Waals surface area contributed by atoms with Gasteiger partial charge in [-0.25, -0.2) is 0 Å². The molecule has 150 valence electrons. The molecule has 4 aromatic rings. The van der Waals surface area contributed by atoms with Crippen molar-refractivity contribution in [3.05, 3.63) is 103 Å². The Kier molecular flexibility index (Phi) is 5.31. The number of nitrogen functional groups attached to an aromatic ring is 1. The lowest BCUT2D eigenvalue weighted by Gasteiger charge is -2.15. The highest BCUT2D eigenvalue weighted by Crippen LogP contribution is 2.41. The highest BCUT2D eigenvalue weighted by atomic mass is 32.2. The number of hydrogen-bond acceptors (Lipinski definition) is 2. The maximum absolute atomic E-state index is 13.2. The van der Waals surface area contributed by atoms with Crippen molar-refractivity contribution < 1.29 is 13.2 Å². The van der Waals surface area contributed by atoms with Crippen LogP contribution in [0.25, 0.3) is 26.8 Å². The van der Waals surface area contributed by atoms with Crippen molar-refractivity contribution in [2.24, 2.45) is 0 Å². The molecule has 0 radical (unpaired) electrons. The van der Waals surface area contributed by atoms with Gasteiger partial charge in [-0.2, -0.15) is 13.2 Å². The third-order valence-corrected chi connectivity index (χ3v) is 5.94. The highest BCUT2D eigenvalue weighted by Gasteiger charge is 2.30. The number of thioether (sulfide) groups is 1. The molecule has 1 nitrogen and oxygen atoms in total. The second-order valence-electron chi connectivity index (χ2n) is 6.85. The summed E-state index contributed by atoms with van der Waals surface area (Å²) >= 11 is 1.48. The first kappa shape index (κ1) is 20.1. The Morgan fingerprint density at radius 2 is 1.50 bits per heavy atom. The summed E-state index contributed by atoms with van der Waals surface area (Å²) in [6.07, 6.45) is -4.38. The molecule has 4 aromatic carbocycles. The largest absolute Gasteiger partial charge is 0.416 e. The van der Waals surface area contributed by atoms with Crippen LogP contribution in [0.2, 0.25) is 0 Å². The number of anilines is 1. The third-order valence-electron chi connectivity index (χ3n) is 4.88. The van der Waals surface area contributed by atoms with Crippen LogP contribution in [0, 0.1) is 0 Å². The van der Waals surface area contributed by atoms with E-state index >= 15 is 0 Å². The predicted molar refractivity (Wildman–Crippen MR) is 120 cm³/mol. The lowest BCUT2D eigenvalue weighted by molar-refractivity contribution is -0.137. The fraction of sp³-hybridized carbons (Fsp3) is 0.0400. The monoisotopic (exact) mass is 421 g/mol. The minimum absolute atomic E-state index is 0.526. The zero-order chi connectivity index (χ0) is 21.3. The Labute approximate surface area is 177 Å². The van der Waals surface area contributed by atoms with Gasteiger partial charge in [-0.05, 0) is 51.7 Å². The summed E-state index contributed by atoms with van der Waals surface area (Å²) < 4.78 is 39.5. The minimum atomic E-state index is -4.38. The van der Waals surface area contributed by atoms with Gasteiger partial charge in [0.05, 0.1) is 5.56 Å². The van der Waals surface area contributed by atoms with Gasteiger partial charge in [0, 0.05) is 15.5 Å². The average Bonchev–Trinajstić information content (AvgIpc) is 2.74. The number of hydrogen-bond donors (Lipinski definition) is 1. The van der Waals surface area contributed by atoms with Gasteiger partial charge in [0.25, 0.3) is 0 Å². The molecule has 4 rings (SSSR count). The molecule has 0 aliphatic carbocycles. The predicted octanol–water partition coefficient (Wildman–Crippen LogP) is 7.87. The number of rotatable bonds is 4. The van der Waals surface area contributed by atoms with E-state index in [0.29, 0.717) is 11.3 Å². The summed E-state index contributed by atoms with van der Waals surface area (Å²) in [5, 5.41) is 1.80. The van der Waals surface area contributed by atoms with Gasteiger partial charge in [0.1, 0.15) is 0 Å². The summed E-state index contributed by atoms with van der Waals surface area (Å²) in [6.45, 7) is 4.22. The zero-order valence-electron chi connectivity index (χ0n) is 15.9. The molecule has 30 heavy (non-hydrogen) atoms. The molecule has 0 saturated heterocycles. The van der Waals surface area contributed by atoms with E-state index in [9.17, 15) is 13.2 Å². The second kappa shape index (κ2) is 7.92. The molecule has 0 atom stereocenters. The summed E-state index contributed by atoms with van der Waals surface area (Å²) in [5.41, 5.74) is 8.27. The molecule has 0 amide bonds. The zero-order valence-corrected chi connectivity index (χ0v) is 16.7. The van der Waals surface area contributed by atoms with E-state index < -0.39 is 11.7 Å². The van der Waals surface area contributed by atoms with Crippen LogP contribution in [0.1, 0.15) is 11.1 Å². The van der Waals surface area contributed by atoms with Gasteiger partial charge < -0.3 is 5.73 Å². The number of fused-ring (bicyclic) bond motifs is 1. The summed E-state index contributed by atoms with van der Waals surface area (Å²) in [5.74, 6) is 0. The first-order valence-corrected chi connectivity index (χ1v) is 10.1. The normalized spacial score (nSPS) is 11.6. The molecule has 0 fully saturated rings. The van der Waals surface area contributed by atoms with Crippen molar-refractivity contribution in [1.29, 1.82) is 0 Å². The minimum Gasteiger partial charge on any atom is -0.398 e. The molecule has 0 spiro atoms. The molecule has 0 aromatic heterocycles. The Morgan fingerprint density at radius 3 is 2.23 bits per heavy atom. The second-order valence-corrected chi connectivity index (χ2v) is 7.98. The molecule has 0 heterocycles. The molecule has 0 aliphatic rings. The van der Waals surface area contributed by atoms with Crippen molar-refractivity contribution in [3.63, 3.8) is 0 Å². The van der Waals surface area contributed by atoms with Crippen LogP contribution in [0.5, 0.6) is 0 Å². The van der Waals surface area contributed by atoms with E-state index in [4.69, 9.17) is 5.73 Å². The quantitative estimate of drug-likeness (QED) is 0.268. The van der Waals surface area contributed by atoms with Gasteiger partial charge in [-0.1, -0.05) is 79.0 Å². The maximum Gasteiger partial charge on any atom is 0.416 e. The Balaban J connectivity index is 1.80. The SMILES string of the molecule is C=C(Sc1ccccc1N)c1ccc(-c2cccc(C(F)(F)F)c2)c2ccccc12. The Bertz CT molecular complexity index is 1240. The highest BCUT2D eigenvalue weighted by molar-refractivity contribution is 8.08. The van der Waals surface area contributed by atoms with Gasteiger partial charge in [-0.15, -0.1) is 0 Å². The van der Waals surface area contributed by atoms with Gasteiger partial charge in [0.2, 0.25) is 0 Å². The van der Waals surface area contributed by atoms with E-state index in [1.807, 2.05) is 60.7 Å². The van der Waals surface area contributed by atoms with Crippen LogP contribution < -0.4 is 5.73 Å². The lowest BCUT2D eigenvalue weighted by atomic mass is 9.94. The fourth-order valence-electron chi connectivity index (χ4n) is 3.42. The summed E-state index contributed by atoms with van der Waals surface area (Å²) in [7, 11) is 0. The van der Waals surface area contributed by atoms with Crippen LogP contribution >= 0.6 is 11.8 Å². The van der Waals surface area contributed by atoms with Gasteiger partial charge in [0.15, 0.2) is 0 Å². The molecular formula is C25H18F3NS. The fourth-order valence-corrected chi connectivity index (χ4v) is 4.30. The molecule has 2 N–H and O–H groups in total. The lowest BCUT2D eigenvalue weighted by Crippen LogP contribution is -2.04. The molecule has 5 heteroatoms. The molecule has 0 aliphatic heterocycles. The van der Waals surface area contributed by atoms with Crippen LogP contribution in [0.3, 0.4) is 0 Å². The molecule has 0 saturated carbocycles. The topological polar surface area (TPSA) is 26.0 Å². The van der Waals surface area contributed by atoms with Gasteiger partial charge >= 0.3 is 6.18 Å². The Morgan fingerprint density at radius 1 is 0.800 bits per heavy atom. The van der Waals surface area contributed by atoms with E-state index in [-0.39, 0.29) is 0 Å². The summed E-state index contributed by atoms with van der Waals surface area (Å²) in [6, 6.07) is 24.4. The van der Waals surface area contributed by atoms with E-state index in [0.717, 1.165) is 37.8 Å². The third kappa shape index (κ3) is 3.94. The van der Waals surface area contributed by atoms with Crippen LogP contribution in [-0.4, -0.2) is 0 Å². The number of benzene rings is 4. The van der Waals surface area contributed by atoms with Crippen molar-refractivity contribution in [1.82, 2.24) is 0 Å². The average molecular weight is 421 g/mol. The van der Waals surface area contributed by atoms with Gasteiger partial charge in [-0.3, -0.25) is 0 Å². The van der Waals surface area contributed by atoms with Crippen molar-refractivity contribution in [2.75, 3.05) is 5.73 Å². The summed E-state index contributed by atoms with van der Waals surface area (Å²) in [4.78, 5) is 1.73. The first-order chi connectivity index (χ1) is 14.3. The van der Waals surface area contributed by atoms with Crippen LogP contribution in [0.15, 0.2) is 96.4 Å². The van der Waals surface area contributed by atoms with Crippen molar-refractivity contribution >= 4 is 33.1 Å². The van der Waals surface area contributed by atoms with E-state index in [2.05, 4.69) is 6.58 Å². The number of para-hydroxylation sites is 1. The van der Waals surface area contributed by atoms with E-state index in [1.165, 1.54) is 23.9 Å². The number of nitrogens with two attached hydrogens (primary N) is 1. The number of alkyl halides is 3. The molecule has 0 unspecified atom stereocenters. The Hall–Kier alpha value is -3.18. The molecular weight excluding hydrogens is 403 g/mol. The maximum atomic E-state index is 13.2. The smallest absolute Gasteiger partial charge is 0.398 e.